The first-order chi connectivity index (χ1) is 13.7. The Morgan fingerprint density at radius 2 is 1.97 bits per heavy atom. The lowest BCUT2D eigenvalue weighted by Crippen LogP contribution is -2.24. The number of alkyl halides is 3. The number of carbonyl (C=O) groups is 1. The molecule has 1 aromatic heterocycles. The first kappa shape index (κ1) is 19.4. The number of hydrogen-bond donors (Lipinski definition) is 0. The number of amides is 1. The molecule has 3 aromatic rings. The summed E-state index contributed by atoms with van der Waals surface area (Å²) in [6, 6.07) is 8.59. The van der Waals surface area contributed by atoms with Crippen LogP contribution in [0, 0.1) is 5.82 Å². The van der Waals surface area contributed by atoms with E-state index in [1.165, 1.54) is 29.2 Å². The molecule has 2 aromatic carbocycles. The zero-order chi connectivity index (χ0) is 20.8. The molecule has 1 aliphatic heterocycles. The molecule has 1 unspecified atom stereocenters. The van der Waals surface area contributed by atoms with Gasteiger partial charge in [-0.25, -0.2) is 4.39 Å². The van der Waals surface area contributed by atoms with Crippen molar-refractivity contribution in [2.45, 2.75) is 18.5 Å². The maximum absolute atomic E-state index is 13.6. The van der Waals surface area contributed by atoms with Gasteiger partial charge in [0, 0.05) is 24.2 Å². The van der Waals surface area contributed by atoms with E-state index in [1.54, 1.807) is 0 Å². The first-order valence-corrected chi connectivity index (χ1v) is 8.87. The Hall–Kier alpha value is -2.94. The van der Waals surface area contributed by atoms with Crippen molar-refractivity contribution in [3.05, 3.63) is 64.8 Å². The second-order valence-electron chi connectivity index (χ2n) is 6.54. The third kappa shape index (κ3) is 3.82. The standard InChI is InChI=1S/C19H12ClF4N3O2/c20-14-5-4-10(6-15(14)21)17-25-18(29-26-17)11-7-16(28)27(9-11)13-3-1-2-12(8-13)19(22,23)24/h1-6,8,11H,7,9H2. The van der Waals surface area contributed by atoms with Crippen LogP contribution < -0.4 is 4.90 Å². The minimum absolute atomic E-state index is 0.00680. The summed E-state index contributed by atoms with van der Waals surface area (Å²) >= 11 is 5.65. The summed E-state index contributed by atoms with van der Waals surface area (Å²) in [5.41, 5.74) is -0.344. The van der Waals surface area contributed by atoms with Crippen LogP contribution in [0.5, 0.6) is 0 Å². The van der Waals surface area contributed by atoms with Crippen molar-refractivity contribution in [2.24, 2.45) is 0 Å². The van der Waals surface area contributed by atoms with Gasteiger partial charge in [-0.3, -0.25) is 4.79 Å². The summed E-state index contributed by atoms with van der Waals surface area (Å²) in [7, 11) is 0. The van der Waals surface area contributed by atoms with E-state index < -0.39 is 23.5 Å². The van der Waals surface area contributed by atoms with E-state index in [4.69, 9.17) is 16.1 Å². The van der Waals surface area contributed by atoms with Gasteiger partial charge in [0.25, 0.3) is 0 Å². The Morgan fingerprint density at radius 3 is 2.69 bits per heavy atom. The largest absolute Gasteiger partial charge is 0.416 e. The lowest BCUT2D eigenvalue weighted by Gasteiger charge is -2.17. The Labute approximate surface area is 166 Å². The highest BCUT2D eigenvalue weighted by atomic mass is 35.5. The summed E-state index contributed by atoms with van der Waals surface area (Å²) < 4.78 is 57.7. The van der Waals surface area contributed by atoms with Gasteiger partial charge in [0.2, 0.25) is 17.6 Å². The molecule has 29 heavy (non-hydrogen) atoms. The number of rotatable bonds is 3. The lowest BCUT2D eigenvalue weighted by molar-refractivity contribution is -0.137. The van der Waals surface area contributed by atoms with E-state index in [2.05, 4.69) is 10.1 Å². The van der Waals surface area contributed by atoms with Crippen LogP contribution in [-0.4, -0.2) is 22.6 Å². The fraction of sp³-hybridized carbons (Fsp3) is 0.211. The molecular weight excluding hydrogens is 414 g/mol. The van der Waals surface area contributed by atoms with Crippen molar-refractivity contribution < 1.29 is 26.9 Å². The smallest absolute Gasteiger partial charge is 0.339 e. The van der Waals surface area contributed by atoms with Gasteiger partial charge in [0.15, 0.2) is 0 Å². The summed E-state index contributed by atoms with van der Waals surface area (Å²) in [4.78, 5) is 17.8. The normalized spacial score (nSPS) is 17.2. The molecular formula is C19H12ClF4N3O2. The van der Waals surface area contributed by atoms with Crippen LogP contribution in [0.1, 0.15) is 23.8 Å². The zero-order valence-corrected chi connectivity index (χ0v) is 15.3. The Bertz CT molecular complexity index is 1080. The van der Waals surface area contributed by atoms with E-state index in [1.807, 2.05) is 0 Å². The van der Waals surface area contributed by atoms with Gasteiger partial charge in [-0.2, -0.15) is 18.2 Å². The number of hydrogen-bond acceptors (Lipinski definition) is 4. The highest BCUT2D eigenvalue weighted by Crippen LogP contribution is 2.35. The maximum atomic E-state index is 13.6. The van der Waals surface area contributed by atoms with Gasteiger partial charge in [-0.1, -0.05) is 22.8 Å². The minimum Gasteiger partial charge on any atom is -0.339 e. The second kappa shape index (κ2) is 7.14. The fourth-order valence-corrected chi connectivity index (χ4v) is 3.24. The summed E-state index contributed by atoms with van der Waals surface area (Å²) in [5.74, 6) is -1.21. The Morgan fingerprint density at radius 1 is 1.17 bits per heavy atom. The predicted molar refractivity (Wildman–Crippen MR) is 95.9 cm³/mol. The van der Waals surface area contributed by atoms with E-state index in [9.17, 15) is 22.4 Å². The summed E-state index contributed by atoms with van der Waals surface area (Å²) in [5, 5.41) is 3.75. The third-order valence-electron chi connectivity index (χ3n) is 4.58. The molecule has 10 heteroatoms. The van der Waals surface area contributed by atoms with E-state index in [0.29, 0.717) is 5.56 Å². The van der Waals surface area contributed by atoms with Crippen LogP contribution in [0.2, 0.25) is 5.02 Å². The molecule has 1 saturated heterocycles. The van der Waals surface area contributed by atoms with E-state index in [0.717, 1.165) is 18.2 Å². The van der Waals surface area contributed by atoms with Crippen molar-refractivity contribution in [1.82, 2.24) is 10.1 Å². The highest BCUT2D eigenvalue weighted by Gasteiger charge is 2.37. The number of aromatic nitrogens is 2. The van der Waals surface area contributed by atoms with Crippen LogP contribution in [0.25, 0.3) is 11.4 Å². The molecule has 0 aliphatic carbocycles. The van der Waals surface area contributed by atoms with Crippen molar-refractivity contribution in [2.75, 3.05) is 11.4 Å². The van der Waals surface area contributed by atoms with Crippen molar-refractivity contribution in [3.8, 4) is 11.4 Å². The van der Waals surface area contributed by atoms with Crippen LogP contribution in [0.3, 0.4) is 0 Å². The van der Waals surface area contributed by atoms with E-state index >= 15 is 0 Å². The average Bonchev–Trinajstić information content (AvgIpc) is 3.30. The molecule has 0 bridgehead atoms. The monoisotopic (exact) mass is 425 g/mol. The minimum atomic E-state index is -4.51. The van der Waals surface area contributed by atoms with Crippen molar-refractivity contribution >= 4 is 23.2 Å². The number of nitrogens with zero attached hydrogens (tertiary/aromatic N) is 3. The molecule has 0 saturated carbocycles. The maximum Gasteiger partial charge on any atom is 0.416 e. The van der Waals surface area contributed by atoms with Crippen LogP contribution in [0.4, 0.5) is 23.2 Å². The van der Waals surface area contributed by atoms with E-state index in [-0.39, 0.29) is 41.3 Å². The molecule has 0 spiro atoms. The molecule has 1 amide bonds. The summed E-state index contributed by atoms with van der Waals surface area (Å²) in [6.07, 6.45) is -4.50. The van der Waals surface area contributed by atoms with Gasteiger partial charge in [0.05, 0.1) is 16.5 Å². The Balaban J connectivity index is 1.56. The summed E-state index contributed by atoms with van der Waals surface area (Å²) in [6.45, 7) is 0.0940. The van der Waals surface area contributed by atoms with Crippen LogP contribution in [-0.2, 0) is 11.0 Å². The number of benzene rings is 2. The Kier molecular flexibility index (Phi) is 4.77. The molecule has 1 fully saturated rings. The second-order valence-corrected chi connectivity index (χ2v) is 6.95. The fourth-order valence-electron chi connectivity index (χ4n) is 3.13. The quantitative estimate of drug-likeness (QED) is 0.550. The van der Waals surface area contributed by atoms with Crippen LogP contribution in [0.15, 0.2) is 47.0 Å². The molecule has 5 nitrogen and oxygen atoms in total. The van der Waals surface area contributed by atoms with Gasteiger partial charge in [-0.05, 0) is 36.4 Å². The number of halogens is 5. The SMILES string of the molecule is O=C1CC(c2nc(-c3ccc(Cl)c(F)c3)no2)CN1c1cccc(C(F)(F)F)c1. The molecule has 1 aliphatic rings. The molecule has 1 atom stereocenters. The third-order valence-corrected chi connectivity index (χ3v) is 4.89. The molecule has 0 N–H and O–H groups in total. The topological polar surface area (TPSA) is 59.2 Å². The zero-order valence-electron chi connectivity index (χ0n) is 14.6. The van der Waals surface area contributed by atoms with Crippen LogP contribution >= 0.6 is 11.6 Å². The number of carbonyl (C=O) groups excluding carboxylic acids is 1. The van der Waals surface area contributed by atoms with Gasteiger partial charge in [0.1, 0.15) is 5.82 Å². The molecule has 0 radical (unpaired) electrons. The molecule has 4 rings (SSSR count). The van der Waals surface area contributed by atoms with Crippen molar-refractivity contribution in [3.63, 3.8) is 0 Å². The lowest BCUT2D eigenvalue weighted by atomic mass is 10.1. The average molecular weight is 426 g/mol. The highest BCUT2D eigenvalue weighted by molar-refractivity contribution is 6.30. The van der Waals surface area contributed by atoms with Gasteiger partial charge >= 0.3 is 6.18 Å². The first-order valence-electron chi connectivity index (χ1n) is 8.49. The van der Waals surface area contributed by atoms with Gasteiger partial charge in [-0.15, -0.1) is 0 Å². The predicted octanol–water partition coefficient (Wildman–Crippen LogP) is 5.07. The molecule has 2 heterocycles. The van der Waals surface area contributed by atoms with Crippen molar-refractivity contribution in [1.29, 1.82) is 0 Å². The number of anilines is 1. The molecule has 150 valence electrons. The van der Waals surface area contributed by atoms with Gasteiger partial charge < -0.3 is 9.42 Å².